The Hall–Kier alpha value is -2.88. The molecule has 0 unspecified atom stereocenters. The van der Waals surface area contributed by atoms with Gasteiger partial charge in [-0.15, -0.1) is 0 Å². The fourth-order valence-electron chi connectivity index (χ4n) is 3.91. The normalized spacial score (nSPS) is 15.1. The molecule has 0 atom stereocenters. The number of aryl methyl sites for hydroxylation is 1. The number of hydrogen-bond acceptors (Lipinski definition) is 6. The summed E-state index contributed by atoms with van der Waals surface area (Å²) in [6.45, 7) is 7.11. The van der Waals surface area contributed by atoms with Crippen molar-refractivity contribution in [2.45, 2.75) is 44.6 Å². The molecule has 1 amide bonds. The van der Waals surface area contributed by atoms with E-state index in [9.17, 15) is 13.2 Å². The van der Waals surface area contributed by atoms with E-state index in [4.69, 9.17) is 13.9 Å². The number of nitrogens with zero attached hydrogens (tertiary/aromatic N) is 1. The van der Waals surface area contributed by atoms with Crippen LogP contribution in [0.15, 0.2) is 52.0 Å². The summed E-state index contributed by atoms with van der Waals surface area (Å²) in [5.41, 5.74) is 2.98. The first-order chi connectivity index (χ1) is 16.3. The molecule has 3 aromatic rings. The molecule has 2 heterocycles. The number of furan rings is 1. The summed E-state index contributed by atoms with van der Waals surface area (Å²) in [6.07, 6.45) is 2.42. The fourth-order valence-corrected chi connectivity index (χ4v) is 5.35. The van der Waals surface area contributed by atoms with Crippen molar-refractivity contribution >= 4 is 32.6 Å². The molecule has 0 spiro atoms. The van der Waals surface area contributed by atoms with Crippen molar-refractivity contribution in [1.29, 1.82) is 0 Å². The molecular formula is C25H30N2O6S. The van der Waals surface area contributed by atoms with Gasteiger partial charge in [-0.05, 0) is 50.1 Å². The van der Waals surface area contributed by atoms with E-state index in [1.165, 1.54) is 16.4 Å². The van der Waals surface area contributed by atoms with Gasteiger partial charge in [0.15, 0.2) is 0 Å². The van der Waals surface area contributed by atoms with Crippen LogP contribution < -0.4 is 10.1 Å². The van der Waals surface area contributed by atoms with Gasteiger partial charge in [0.2, 0.25) is 15.9 Å². The van der Waals surface area contributed by atoms with Crippen molar-refractivity contribution < 1.29 is 27.1 Å². The first-order valence-electron chi connectivity index (χ1n) is 11.5. The van der Waals surface area contributed by atoms with E-state index in [-0.39, 0.29) is 23.3 Å². The predicted octanol–water partition coefficient (Wildman–Crippen LogP) is 3.98. The van der Waals surface area contributed by atoms with Crippen LogP contribution >= 0.6 is 0 Å². The van der Waals surface area contributed by atoms with Crippen molar-refractivity contribution in [3.63, 3.8) is 0 Å². The summed E-state index contributed by atoms with van der Waals surface area (Å²) >= 11 is 0. The number of carbonyl (C=O) groups is 1. The quantitative estimate of drug-likeness (QED) is 0.517. The summed E-state index contributed by atoms with van der Waals surface area (Å²) in [5, 5.41) is 3.73. The zero-order valence-corrected chi connectivity index (χ0v) is 20.5. The molecule has 1 aliphatic heterocycles. The second kappa shape index (κ2) is 10.2. The zero-order chi connectivity index (χ0) is 24.3. The SMILES string of the molecule is CCc1ccc2c(CC(=O)Nc3cc(S(=O)(=O)N4CCOCC4)ccc3OC(C)C)coc2c1. The third-order valence-corrected chi connectivity index (χ3v) is 7.57. The average Bonchev–Trinajstić information content (AvgIpc) is 3.22. The highest BCUT2D eigenvalue weighted by Gasteiger charge is 2.27. The highest BCUT2D eigenvalue weighted by atomic mass is 32.2. The van der Waals surface area contributed by atoms with Crippen LogP contribution in [-0.4, -0.2) is 51.0 Å². The zero-order valence-electron chi connectivity index (χ0n) is 19.7. The molecule has 1 saturated heterocycles. The monoisotopic (exact) mass is 486 g/mol. The Balaban J connectivity index is 1.59. The summed E-state index contributed by atoms with van der Waals surface area (Å²) < 4.78 is 44.4. The minimum Gasteiger partial charge on any atom is -0.489 e. The Bertz CT molecular complexity index is 1280. The number of amides is 1. The van der Waals surface area contributed by atoms with Gasteiger partial charge in [-0.2, -0.15) is 4.31 Å². The summed E-state index contributed by atoms with van der Waals surface area (Å²) in [6, 6.07) is 10.5. The van der Waals surface area contributed by atoms with Crippen LogP contribution in [-0.2, 0) is 32.4 Å². The smallest absolute Gasteiger partial charge is 0.243 e. The maximum atomic E-state index is 13.1. The third kappa shape index (κ3) is 5.27. The average molecular weight is 487 g/mol. The van der Waals surface area contributed by atoms with Crippen molar-refractivity contribution in [2.24, 2.45) is 0 Å². The highest BCUT2D eigenvalue weighted by Crippen LogP contribution is 2.31. The topological polar surface area (TPSA) is 98.1 Å². The summed E-state index contributed by atoms with van der Waals surface area (Å²) in [4.78, 5) is 13.1. The van der Waals surface area contributed by atoms with E-state index in [1.54, 1.807) is 12.3 Å². The lowest BCUT2D eigenvalue weighted by Crippen LogP contribution is -2.40. The molecule has 1 N–H and O–H groups in total. The Labute approximate surface area is 199 Å². The van der Waals surface area contributed by atoms with Crippen LogP contribution in [0.25, 0.3) is 11.0 Å². The van der Waals surface area contributed by atoms with Crippen LogP contribution in [0.1, 0.15) is 31.9 Å². The molecule has 1 aliphatic rings. The molecule has 0 aliphatic carbocycles. The Kier molecular flexibility index (Phi) is 7.25. The van der Waals surface area contributed by atoms with Gasteiger partial charge in [0.1, 0.15) is 11.3 Å². The number of benzene rings is 2. The predicted molar refractivity (Wildman–Crippen MR) is 130 cm³/mol. The lowest BCUT2D eigenvalue weighted by atomic mass is 10.1. The highest BCUT2D eigenvalue weighted by molar-refractivity contribution is 7.89. The molecule has 8 nitrogen and oxygen atoms in total. The number of sulfonamides is 1. The minimum atomic E-state index is -3.72. The van der Waals surface area contributed by atoms with Crippen molar-refractivity contribution in [3.8, 4) is 5.75 Å². The van der Waals surface area contributed by atoms with Gasteiger partial charge in [-0.3, -0.25) is 4.79 Å². The van der Waals surface area contributed by atoms with E-state index >= 15 is 0 Å². The van der Waals surface area contributed by atoms with Crippen LogP contribution in [0.5, 0.6) is 5.75 Å². The van der Waals surface area contributed by atoms with Crippen LogP contribution in [0, 0.1) is 0 Å². The van der Waals surface area contributed by atoms with Gasteiger partial charge in [-0.25, -0.2) is 8.42 Å². The molecule has 2 aromatic carbocycles. The largest absolute Gasteiger partial charge is 0.489 e. The molecular weight excluding hydrogens is 456 g/mol. The first kappa shape index (κ1) is 24.3. The lowest BCUT2D eigenvalue weighted by Gasteiger charge is -2.26. The Morgan fingerprint density at radius 3 is 2.62 bits per heavy atom. The molecule has 1 aromatic heterocycles. The number of carbonyl (C=O) groups excluding carboxylic acids is 1. The van der Waals surface area contributed by atoms with Gasteiger partial charge in [0.05, 0.1) is 42.6 Å². The van der Waals surface area contributed by atoms with Crippen LogP contribution in [0.2, 0.25) is 0 Å². The second-order valence-corrected chi connectivity index (χ2v) is 10.4. The molecule has 9 heteroatoms. The van der Waals surface area contributed by atoms with Gasteiger partial charge in [0.25, 0.3) is 0 Å². The number of hydrogen-bond donors (Lipinski definition) is 1. The standard InChI is InChI=1S/C25H30N2O6S/c1-4-18-5-7-21-19(16-32-24(21)13-18)14-25(28)26-22-15-20(6-8-23(22)33-17(2)3)34(29,30)27-9-11-31-12-10-27/h5-8,13,15-17H,4,9-12,14H2,1-3H3,(H,26,28). The van der Waals surface area contributed by atoms with Crippen LogP contribution in [0.4, 0.5) is 5.69 Å². The Morgan fingerprint density at radius 2 is 1.91 bits per heavy atom. The molecule has 0 bridgehead atoms. The van der Waals surface area contributed by atoms with E-state index in [2.05, 4.69) is 12.2 Å². The van der Waals surface area contributed by atoms with E-state index in [1.807, 2.05) is 32.0 Å². The first-order valence-corrected chi connectivity index (χ1v) is 12.9. The number of fused-ring (bicyclic) bond motifs is 1. The summed E-state index contributed by atoms with van der Waals surface area (Å²) in [5.74, 6) is 0.116. The number of ether oxygens (including phenoxy) is 2. The number of rotatable bonds is 8. The molecule has 34 heavy (non-hydrogen) atoms. The van der Waals surface area contributed by atoms with Crippen LogP contribution in [0.3, 0.4) is 0 Å². The van der Waals surface area contributed by atoms with E-state index in [0.29, 0.717) is 37.7 Å². The van der Waals surface area contributed by atoms with Gasteiger partial charge in [0, 0.05) is 24.0 Å². The maximum Gasteiger partial charge on any atom is 0.243 e. The fraction of sp³-hybridized carbons (Fsp3) is 0.400. The van der Waals surface area contributed by atoms with Gasteiger partial charge >= 0.3 is 0 Å². The molecule has 4 rings (SSSR count). The number of nitrogens with one attached hydrogen (secondary N) is 1. The van der Waals surface area contributed by atoms with Gasteiger partial charge < -0.3 is 19.2 Å². The number of morpholine rings is 1. The molecule has 0 radical (unpaired) electrons. The number of anilines is 1. The van der Waals surface area contributed by atoms with E-state index in [0.717, 1.165) is 28.5 Å². The van der Waals surface area contributed by atoms with Crippen molar-refractivity contribution in [2.75, 3.05) is 31.6 Å². The van der Waals surface area contributed by atoms with Crippen molar-refractivity contribution in [3.05, 3.63) is 53.8 Å². The van der Waals surface area contributed by atoms with Crippen molar-refractivity contribution in [1.82, 2.24) is 4.31 Å². The maximum absolute atomic E-state index is 13.1. The molecule has 0 saturated carbocycles. The second-order valence-electron chi connectivity index (χ2n) is 8.51. The molecule has 1 fully saturated rings. The lowest BCUT2D eigenvalue weighted by molar-refractivity contribution is -0.115. The third-order valence-electron chi connectivity index (χ3n) is 5.68. The van der Waals surface area contributed by atoms with E-state index < -0.39 is 10.0 Å². The Morgan fingerprint density at radius 1 is 1.15 bits per heavy atom. The minimum absolute atomic E-state index is 0.0834. The summed E-state index contributed by atoms with van der Waals surface area (Å²) in [7, 11) is -3.72. The van der Waals surface area contributed by atoms with Gasteiger partial charge in [-0.1, -0.05) is 19.1 Å². The molecule has 182 valence electrons.